The van der Waals surface area contributed by atoms with Gasteiger partial charge in [0.05, 0.1) is 0 Å². The van der Waals surface area contributed by atoms with Crippen molar-refractivity contribution in [3.8, 4) is 0 Å². The van der Waals surface area contributed by atoms with Gasteiger partial charge in [-0.2, -0.15) is 0 Å². The number of benzene rings is 1. The number of aryl methyl sites for hydroxylation is 1. The summed E-state index contributed by atoms with van der Waals surface area (Å²) in [7, 11) is 0. The number of fused-ring (bicyclic) bond motifs is 1. The highest BCUT2D eigenvalue weighted by Crippen LogP contribution is 2.24. The first-order valence-electron chi connectivity index (χ1n) is 5.45. The van der Waals surface area contributed by atoms with Crippen molar-refractivity contribution in [3.05, 3.63) is 35.4 Å². The fraction of sp³-hybridized carbons (Fsp3) is 0.308. The zero-order valence-electron chi connectivity index (χ0n) is 9.00. The number of halogens is 1. The summed E-state index contributed by atoms with van der Waals surface area (Å²) in [4.78, 5) is 11.2. The monoisotopic (exact) mass is 279 g/mol. The summed E-state index contributed by atoms with van der Waals surface area (Å²) in [6, 6.07) is 6.18. The van der Waals surface area contributed by atoms with Gasteiger partial charge in [0.25, 0.3) is 0 Å². The minimum absolute atomic E-state index is 0.120. The van der Waals surface area contributed by atoms with E-state index in [1.54, 1.807) is 0 Å². The Hall–Kier alpha value is -1.09. The van der Waals surface area contributed by atoms with Crippen LogP contribution in [0.3, 0.4) is 0 Å². The molecule has 0 radical (unpaired) electrons. The van der Waals surface area contributed by atoms with Crippen LogP contribution in [0.1, 0.15) is 24.0 Å². The van der Waals surface area contributed by atoms with Crippen LogP contribution < -0.4 is 5.32 Å². The molecule has 0 aromatic heterocycles. The second-order valence-electron chi connectivity index (χ2n) is 3.84. The zero-order valence-corrected chi connectivity index (χ0v) is 10.6. The third-order valence-corrected chi connectivity index (χ3v) is 3.07. The predicted octanol–water partition coefficient (Wildman–Crippen LogP) is 3.37. The Morgan fingerprint density at radius 1 is 1.38 bits per heavy atom. The molecule has 1 heterocycles. The molecular weight excluding hydrogens is 266 g/mol. The highest BCUT2D eigenvalue weighted by atomic mass is 79.9. The largest absolute Gasteiger partial charge is 0.326 e. The molecule has 0 fully saturated rings. The van der Waals surface area contributed by atoms with Gasteiger partial charge in [0.15, 0.2) is 0 Å². The summed E-state index contributed by atoms with van der Waals surface area (Å²) in [5, 5.41) is 3.87. The van der Waals surface area contributed by atoms with Gasteiger partial charge >= 0.3 is 0 Å². The number of alkyl halides is 1. The van der Waals surface area contributed by atoms with Crippen LogP contribution in [0.5, 0.6) is 0 Å². The SMILES string of the molecule is O=C1CCc2cc(C=CCCBr)ccc2N1. The molecule has 0 bridgehead atoms. The second kappa shape index (κ2) is 5.30. The molecule has 0 saturated carbocycles. The summed E-state index contributed by atoms with van der Waals surface area (Å²) < 4.78 is 0. The fourth-order valence-electron chi connectivity index (χ4n) is 1.79. The first-order valence-corrected chi connectivity index (χ1v) is 6.57. The fourth-order valence-corrected chi connectivity index (χ4v) is 2.05. The van der Waals surface area contributed by atoms with Gasteiger partial charge in [0, 0.05) is 17.4 Å². The van der Waals surface area contributed by atoms with Crippen molar-refractivity contribution >= 4 is 33.6 Å². The van der Waals surface area contributed by atoms with Crippen LogP contribution in [0.15, 0.2) is 24.3 Å². The van der Waals surface area contributed by atoms with E-state index in [-0.39, 0.29) is 5.91 Å². The number of rotatable bonds is 3. The zero-order chi connectivity index (χ0) is 11.4. The lowest BCUT2D eigenvalue weighted by Gasteiger charge is -2.16. The summed E-state index contributed by atoms with van der Waals surface area (Å²) in [5.41, 5.74) is 3.41. The Morgan fingerprint density at radius 2 is 2.25 bits per heavy atom. The van der Waals surface area contributed by atoms with Crippen molar-refractivity contribution in [2.45, 2.75) is 19.3 Å². The molecule has 1 aliphatic rings. The van der Waals surface area contributed by atoms with E-state index in [9.17, 15) is 4.79 Å². The number of allylic oxidation sites excluding steroid dienone is 1. The molecule has 2 rings (SSSR count). The molecule has 2 nitrogen and oxygen atoms in total. The highest BCUT2D eigenvalue weighted by molar-refractivity contribution is 9.09. The summed E-state index contributed by atoms with van der Waals surface area (Å²) in [6.07, 6.45) is 6.76. The predicted molar refractivity (Wildman–Crippen MR) is 70.8 cm³/mol. The summed E-state index contributed by atoms with van der Waals surface area (Å²) in [6.45, 7) is 0. The minimum atomic E-state index is 0.120. The third-order valence-electron chi connectivity index (χ3n) is 2.61. The van der Waals surface area contributed by atoms with Crippen LogP contribution >= 0.6 is 15.9 Å². The summed E-state index contributed by atoms with van der Waals surface area (Å²) in [5.74, 6) is 0.120. The standard InChI is InChI=1S/C13H14BrNO/c14-8-2-1-3-10-4-6-12-11(9-10)5-7-13(16)15-12/h1,3-4,6,9H,2,5,7-8H2,(H,15,16). The quantitative estimate of drug-likeness (QED) is 0.845. The highest BCUT2D eigenvalue weighted by Gasteiger charge is 2.13. The molecule has 1 N–H and O–H groups in total. The molecule has 0 atom stereocenters. The van der Waals surface area contributed by atoms with Gasteiger partial charge < -0.3 is 5.32 Å². The molecule has 1 aliphatic heterocycles. The van der Waals surface area contributed by atoms with Crippen molar-refractivity contribution in [3.63, 3.8) is 0 Å². The van der Waals surface area contributed by atoms with E-state index >= 15 is 0 Å². The molecule has 0 aliphatic carbocycles. The van der Waals surface area contributed by atoms with Gasteiger partial charge in [-0.3, -0.25) is 4.79 Å². The van der Waals surface area contributed by atoms with E-state index < -0.39 is 0 Å². The molecule has 16 heavy (non-hydrogen) atoms. The Balaban J connectivity index is 2.16. The van der Waals surface area contributed by atoms with Gasteiger partial charge in [-0.05, 0) is 36.1 Å². The van der Waals surface area contributed by atoms with E-state index in [4.69, 9.17) is 0 Å². The smallest absolute Gasteiger partial charge is 0.224 e. The van der Waals surface area contributed by atoms with Crippen molar-refractivity contribution < 1.29 is 4.79 Å². The number of amides is 1. The van der Waals surface area contributed by atoms with Crippen molar-refractivity contribution in [1.29, 1.82) is 0 Å². The molecule has 0 spiro atoms. The van der Waals surface area contributed by atoms with Crippen LogP contribution in [0.25, 0.3) is 6.08 Å². The Kier molecular flexibility index (Phi) is 3.78. The molecule has 3 heteroatoms. The molecule has 0 saturated heterocycles. The first-order chi connectivity index (χ1) is 7.79. The van der Waals surface area contributed by atoms with Gasteiger partial charge in [-0.1, -0.05) is 34.1 Å². The average molecular weight is 280 g/mol. The molecule has 1 aromatic rings. The number of carbonyl (C=O) groups is 1. The second-order valence-corrected chi connectivity index (χ2v) is 4.64. The third kappa shape index (κ3) is 2.73. The Morgan fingerprint density at radius 3 is 3.06 bits per heavy atom. The normalized spacial score (nSPS) is 14.9. The molecule has 84 valence electrons. The Bertz CT molecular complexity index is 426. The van der Waals surface area contributed by atoms with Gasteiger partial charge in [-0.15, -0.1) is 0 Å². The molecule has 0 unspecified atom stereocenters. The lowest BCUT2D eigenvalue weighted by molar-refractivity contribution is -0.116. The summed E-state index contributed by atoms with van der Waals surface area (Å²) >= 11 is 3.39. The number of hydrogen-bond donors (Lipinski definition) is 1. The lowest BCUT2D eigenvalue weighted by atomic mass is 10.0. The molecular formula is C13H14BrNO. The van der Waals surface area contributed by atoms with Crippen molar-refractivity contribution in [1.82, 2.24) is 0 Å². The Labute approximate surface area is 104 Å². The molecule has 1 amide bonds. The van der Waals surface area contributed by atoms with E-state index in [1.165, 1.54) is 11.1 Å². The van der Waals surface area contributed by atoms with E-state index in [0.29, 0.717) is 6.42 Å². The van der Waals surface area contributed by atoms with Gasteiger partial charge in [-0.25, -0.2) is 0 Å². The van der Waals surface area contributed by atoms with Crippen LogP contribution in [0, 0.1) is 0 Å². The number of carbonyl (C=O) groups excluding carboxylic acids is 1. The van der Waals surface area contributed by atoms with E-state index in [0.717, 1.165) is 23.9 Å². The maximum absolute atomic E-state index is 11.2. The van der Waals surface area contributed by atoms with Crippen LogP contribution in [-0.4, -0.2) is 11.2 Å². The van der Waals surface area contributed by atoms with Crippen LogP contribution in [0.2, 0.25) is 0 Å². The topological polar surface area (TPSA) is 29.1 Å². The maximum atomic E-state index is 11.2. The molecule has 1 aromatic carbocycles. The first kappa shape index (κ1) is 11.4. The van der Waals surface area contributed by atoms with E-state index in [2.05, 4.69) is 39.5 Å². The average Bonchev–Trinajstić information content (AvgIpc) is 2.29. The number of anilines is 1. The minimum Gasteiger partial charge on any atom is -0.326 e. The maximum Gasteiger partial charge on any atom is 0.224 e. The van der Waals surface area contributed by atoms with Crippen LogP contribution in [0.4, 0.5) is 5.69 Å². The van der Waals surface area contributed by atoms with Gasteiger partial charge in [0.2, 0.25) is 5.91 Å². The lowest BCUT2D eigenvalue weighted by Crippen LogP contribution is -2.18. The van der Waals surface area contributed by atoms with Crippen molar-refractivity contribution in [2.75, 3.05) is 10.6 Å². The van der Waals surface area contributed by atoms with Crippen molar-refractivity contribution in [2.24, 2.45) is 0 Å². The van der Waals surface area contributed by atoms with E-state index in [1.807, 2.05) is 12.1 Å². The number of hydrogen-bond acceptors (Lipinski definition) is 1. The number of nitrogens with one attached hydrogen (secondary N) is 1. The van der Waals surface area contributed by atoms with Crippen LogP contribution in [-0.2, 0) is 11.2 Å². The van der Waals surface area contributed by atoms with Gasteiger partial charge in [0.1, 0.15) is 0 Å².